The smallest absolute Gasteiger partial charge is 0.268 e. The van der Waals surface area contributed by atoms with Crippen LogP contribution < -0.4 is 4.90 Å². The molecule has 0 spiro atoms. The van der Waals surface area contributed by atoms with Gasteiger partial charge in [0.1, 0.15) is 0 Å². The Balaban J connectivity index is 2.00. The maximum absolute atomic E-state index is 13.5. The van der Waals surface area contributed by atoms with Crippen molar-refractivity contribution in [3.63, 3.8) is 0 Å². The molecule has 0 saturated carbocycles. The van der Waals surface area contributed by atoms with Crippen molar-refractivity contribution in [3.05, 3.63) is 64.0 Å². The van der Waals surface area contributed by atoms with Crippen LogP contribution in [0.2, 0.25) is 0 Å². The number of anilines is 1. The summed E-state index contributed by atoms with van der Waals surface area (Å²) < 4.78 is 28.7. The monoisotopic (exact) mass is 486 g/mol. The molecule has 0 atom stereocenters. The van der Waals surface area contributed by atoms with E-state index in [-0.39, 0.29) is 17.3 Å². The predicted molar refractivity (Wildman–Crippen MR) is 120 cm³/mol. The fourth-order valence-electron chi connectivity index (χ4n) is 3.58. The number of nitrogens with zero attached hydrogens (tertiary/aromatic N) is 4. The van der Waals surface area contributed by atoms with E-state index in [9.17, 15) is 13.2 Å². The minimum atomic E-state index is -3.91. The van der Waals surface area contributed by atoms with Crippen molar-refractivity contribution < 1.29 is 13.2 Å². The molecule has 2 aromatic carbocycles. The molecule has 2 heterocycles. The van der Waals surface area contributed by atoms with Gasteiger partial charge in [-0.15, -0.1) is 0 Å². The SMILES string of the molecule is [C-]#[N+]c1cc(N2CCN(C)CC2=O)c2c(c1)c(Br)cn2S(=O)(=O)c1ccc(C)cc1. The van der Waals surface area contributed by atoms with E-state index in [2.05, 4.69) is 20.8 Å². The highest BCUT2D eigenvalue weighted by atomic mass is 79.9. The molecule has 1 aromatic heterocycles. The zero-order valence-electron chi connectivity index (χ0n) is 16.5. The highest BCUT2D eigenvalue weighted by Gasteiger charge is 2.29. The van der Waals surface area contributed by atoms with Crippen LogP contribution in [0.25, 0.3) is 15.7 Å². The Morgan fingerprint density at radius 1 is 1.13 bits per heavy atom. The van der Waals surface area contributed by atoms with Crippen LogP contribution in [0, 0.1) is 13.5 Å². The summed E-state index contributed by atoms with van der Waals surface area (Å²) in [4.78, 5) is 19.9. The number of hydrogen-bond donors (Lipinski definition) is 0. The van der Waals surface area contributed by atoms with E-state index in [1.165, 1.54) is 10.2 Å². The fourth-order valence-corrected chi connectivity index (χ4v) is 5.61. The first-order valence-electron chi connectivity index (χ1n) is 9.25. The van der Waals surface area contributed by atoms with Gasteiger partial charge >= 0.3 is 0 Å². The minimum absolute atomic E-state index is 0.135. The van der Waals surface area contributed by atoms with Crippen molar-refractivity contribution in [2.45, 2.75) is 11.8 Å². The maximum Gasteiger partial charge on any atom is 0.268 e. The van der Waals surface area contributed by atoms with E-state index in [0.29, 0.717) is 39.8 Å². The topological polar surface area (TPSA) is 67.0 Å². The van der Waals surface area contributed by atoms with Crippen LogP contribution in [0.1, 0.15) is 5.56 Å². The molecular weight excluding hydrogens is 468 g/mol. The minimum Gasteiger partial charge on any atom is -0.309 e. The first-order valence-corrected chi connectivity index (χ1v) is 11.5. The van der Waals surface area contributed by atoms with Crippen LogP contribution in [0.15, 0.2) is 52.0 Å². The number of fused-ring (bicyclic) bond motifs is 1. The van der Waals surface area contributed by atoms with Crippen molar-refractivity contribution in [3.8, 4) is 0 Å². The first kappa shape index (κ1) is 20.6. The summed E-state index contributed by atoms with van der Waals surface area (Å²) in [5, 5.41) is 0.570. The number of benzene rings is 2. The number of halogens is 1. The second-order valence-electron chi connectivity index (χ2n) is 7.35. The van der Waals surface area contributed by atoms with Crippen LogP contribution in [-0.4, -0.2) is 49.9 Å². The quantitative estimate of drug-likeness (QED) is 0.528. The van der Waals surface area contributed by atoms with Crippen LogP contribution in [0.5, 0.6) is 0 Å². The molecule has 0 N–H and O–H groups in total. The van der Waals surface area contributed by atoms with Crippen LogP contribution >= 0.6 is 15.9 Å². The van der Waals surface area contributed by atoms with Crippen molar-refractivity contribution >= 4 is 54.1 Å². The Kier molecular flexibility index (Phi) is 5.18. The van der Waals surface area contributed by atoms with Gasteiger partial charge in [0.2, 0.25) is 5.91 Å². The molecule has 30 heavy (non-hydrogen) atoms. The van der Waals surface area contributed by atoms with Gasteiger partial charge in [-0.2, -0.15) is 0 Å². The molecule has 3 aromatic rings. The third kappa shape index (κ3) is 3.41. The summed E-state index contributed by atoms with van der Waals surface area (Å²) in [5.74, 6) is -0.135. The van der Waals surface area contributed by atoms with Crippen molar-refractivity contribution in [1.82, 2.24) is 8.87 Å². The number of carbonyl (C=O) groups is 1. The Morgan fingerprint density at radius 3 is 2.47 bits per heavy atom. The lowest BCUT2D eigenvalue weighted by Crippen LogP contribution is -2.49. The summed E-state index contributed by atoms with van der Waals surface area (Å²) in [6.45, 7) is 10.6. The molecule has 0 unspecified atom stereocenters. The zero-order valence-corrected chi connectivity index (χ0v) is 18.9. The highest BCUT2D eigenvalue weighted by molar-refractivity contribution is 9.10. The van der Waals surface area contributed by atoms with E-state index >= 15 is 0 Å². The number of likely N-dealkylation sites (N-methyl/N-ethyl adjacent to an activating group) is 1. The normalized spacial score (nSPS) is 15.5. The van der Waals surface area contributed by atoms with Gasteiger partial charge in [0.15, 0.2) is 5.69 Å². The zero-order chi connectivity index (χ0) is 21.6. The standard InChI is InChI=1S/C21H19BrN4O3S/c1-14-4-6-16(7-5-14)30(28,29)26-12-18(22)17-10-15(23-2)11-19(21(17)26)25-9-8-24(3)13-20(25)27/h4-7,10-12H,8-9,13H2,1,3H3. The molecule has 0 bridgehead atoms. The Bertz CT molecular complexity index is 1310. The van der Waals surface area contributed by atoms with E-state index in [1.54, 1.807) is 41.3 Å². The van der Waals surface area contributed by atoms with Crippen LogP contribution in [0.4, 0.5) is 11.4 Å². The van der Waals surface area contributed by atoms with E-state index in [4.69, 9.17) is 6.57 Å². The summed E-state index contributed by atoms with van der Waals surface area (Å²) in [5.41, 5.74) is 2.11. The number of piperazine rings is 1. The molecule has 1 saturated heterocycles. The van der Waals surface area contributed by atoms with Crippen molar-refractivity contribution in [2.24, 2.45) is 0 Å². The summed E-state index contributed by atoms with van der Waals surface area (Å²) in [6.07, 6.45) is 1.48. The predicted octanol–water partition coefficient (Wildman–Crippen LogP) is 3.78. The number of rotatable bonds is 3. The lowest BCUT2D eigenvalue weighted by molar-refractivity contribution is -0.120. The van der Waals surface area contributed by atoms with Gasteiger partial charge in [-0.05, 0) is 54.2 Å². The molecule has 1 amide bonds. The number of aryl methyl sites for hydroxylation is 1. The molecule has 9 heteroatoms. The van der Waals surface area contributed by atoms with Crippen molar-refractivity contribution in [2.75, 3.05) is 31.6 Å². The van der Waals surface area contributed by atoms with Gasteiger partial charge < -0.3 is 4.90 Å². The Morgan fingerprint density at radius 2 is 1.83 bits per heavy atom. The van der Waals surface area contributed by atoms with Crippen LogP contribution in [-0.2, 0) is 14.8 Å². The number of carbonyl (C=O) groups excluding carboxylic acids is 1. The second kappa shape index (κ2) is 7.54. The molecular formula is C21H19BrN4O3S. The lowest BCUT2D eigenvalue weighted by Gasteiger charge is -2.33. The number of hydrogen-bond acceptors (Lipinski definition) is 4. The molecule has 0 radical (unpaired) electrons. The third-order valence-corrected chi connectivity index (χ3v) is 7.50. The first-order chi connectivity index (χ1) is 14.2. The molecule has 0 aliphatic carbocycles. The van der Waals surface area contributed by atoms with E-state index < -0.39 is 10.0 Å². The summed E-state index contributed by atoms with van der Waals surface area (Å²) in [6, 6.07) is 9.85. The number of amides is 1. The maximum atomic E-state index is 13.5. The molecule has 1 aliphatic heterocycles. The average Bonchev–Trinajstić information content (AvgIpc) is 3.05. The van der Waals surface area contributed by atoms with Gasteiger partial charge in [0, 0.05) is 29.1 Å². The average molecular weight is 487 g/mol. The Labute approximate surface area is 183 Å². The number of aromatic nitrogens is 1. The lowest BCUT2D eigenvalue weighted by atomic mass is 10.1. The van der Waals surface area contributed by atoms with E-state index in [0.717, 1.165) is 5.56 Å². The second-order valence-corrected chi connectivity index (χ2v) is 10.0. The summed E-state index contributed by atoms with van der Waals surface area (Å²) >= 11 is 3.44. The fraction of sp³-hybridized carbons (Fsp3) is 0.238. The molecule has 7 nitrogen and oxygen atoms in total. The summed E-state index contributed by atoms with van der Waals surface area (Å²) in [7, 11) is -2.05. The van der Waals surface area contributed by atoms with Gasteiger partial charge in [-0.1, -0.05) is 17.7 Å². The molecule has 154 valence electrons. The van der Waals surface area contributed by atoms with Gasteiger partial charge in [0.05, 0.1) is 29.2 Å². The van der Waals surface area contributed by atoms with Crippen LogP contribution in [0.3, 0.4) is 0 Å². The molecule has 1 aliphatic rings. The van der Waals surface area contributed by atoms with Gasteiger partial charge in [0.25, 0.3) is 10.0 Å². The third-order valence-electron chi connectivity index (χ3n) is 5.19. The van der Waals surface area contributed by atoms with Gasteiger partial charge in [-0.3, -0.25) is 9.69 Å². The molecule has 4 rings (SSSR count). The largest absolute Gasteiger partial charge is 0.309 e. The highest BCUT2D eigenvalue weighted by Crippen LogP contribution is 2.39. The van der Waals surface area contributed by atoms with Crippen molar-refractivity contribution in [1.29, 1.82) is 0 Å². The van der Waals surface area contributed by atoms with E-state index in [1.807, 2.05) is 18.9 Å². The van der Waals surface area contributed by atoms with Gasteiger partial charge in [-0.25, -0.2) is 17.2 Å². The molecule has 1 fully saturated rings. The Hall–Kier alpha value is -2.67.